The van der Waals surface area contributed by atoms with Crippen LogP contribution in [-0.2, 0) is 22.4 Å². The van der Waals surface area contributed by atoms with Gasteiger partial charge in [0.25, 0.3) is 0 Å². The van der Waals surface area contributed by atoms with Gasteiger partial charge in [-0.3, -0.25) is 4.79 Å². The molecule has 7 heteroatoms. The van der Waals surface area contributed by atoms with Crippen LogP contribution in [-0.4, -0.2) is 40.0 Å². The van der Waals surface area contributed by atoms with Gasteiger partial charge >= 0.3 is 5.97 Å². The van der Waals surface area contributed by atoms with Gasteiger partial charge in [0.05, 0.1) is 12.3 Å². The van der Waals surface area contributed by atoms with Crippen molar-refractivity contribution in [2.24, 2.45) is 0 Å². The van der Waals surface area contributed by atoms with Crippen LogP contribution in [0.5, 0.6) is 5.75 Å². The highest BCUT2D eigenvalue weighted by molar-refractivity contribution is 5.92. The second kappa shape index (κ2) is 11.5. The van der Waals surface area contributed by atoms with E-state index in [4.69, 9.17) is 9.15 Å². The number of aryl methyl sites for hydroxylation is 1. The molecule has 0 saturated carbocycles. The van der Waals surface area contributed by atoms with Crippen molar-refractivity contribution in [3.63, 3.8) is 0 Å². The fourth-order valence-corrected chi connectivity index (χ4v) is 4.02. The number of carbonyl (C=O) groups excluding carboxylic acids is 1. The van der Waals surface area contributed by atoms with Crippen LogP contribution < -0.4 is 4.74 Å². The van der Waals surface area contributed by atoms with Crippen molar-refractivity contribution in [1.82, 2.24) is 9.88 Å². The van der Waals surface area contributed by atoms with Crippen molar-refractivity contribution in [3.05, 3.63) is 77.1 Å². The van der Waals surface area contributed by atoms with Crippen LogP contribution in [0, 0.1) is 6.92 Å². The summed E-state index contributed by atoms with van der Waals surface area (Å²) in [6, 6.07) is 4.41. The molecule has 34 heavy (non-hydrogen) atoms. The molecule has 0 fully saturated rings. The van der Waals surface area contributed by atoms with E-state index in [1.165, 1.54) is 11.0 Å². The highest BCUT2D eigenvalue weighted by Gasteiger charge is 2.35. The molecule has 0 radical (unpaired) electrons. The molecule has 1 N–H and O–H groups in total. The van der Waals surface area contributed by atoms with Gasteiger partial charge in [0.15, 0.2) is 6.04 Å². The Kier molecular flexibility index (Phi) is 8.46. The third-order valence-corrected chi connectivity index (χ3v) is 5.75. The third-order valence-electron chi connectivity index (χ3n) is 5.75. The minimum atomic E-state index is -1.06. The maximum Gasteiger partial charge on any atom is 0.331 e. The number of oxazole rings is 1. The Balaban J connectivity index is 1.73. The molecular weight excluding hydrogens is 432 g/mol. The number of hydrogen-bond donors (Lipinski definition) is 1. The molecule has 1 aliphatic heterocycles. The van der Waals surface area contributed by atoms with E-state index in [-0.39, 0.29) is 5.91 Å². The van der Waals surface area contributed by atoms with E-state index in [2.05, 4.69) is 18.0 Å². The average Bonchev–Trinajstić information content (AvgIpc) is 3.18. The van der Waals surface area contributed by atoms with Crippen molar-refractivity contribution in [1.29, 1.82) is 0 Å². The summed E-state index contributed by atoms with van der Waals surface area (Å²) in [6.07, 6.45) is 10.7. The van der Waals surface area contributed by atoms with E-state index >= 15 is 0 Å². The number of benzene rings is 1. The smallest absolute Gasteiger partial charge is 0.331 e. The third kappa shape index (κ3) is 5.84. The quantitative estimate of drug-likeness (QED) is 0.412. The number of hydrogen-bond acceptors (Lipinski definition) is 5. The lowest BCUT2D eigenvalue weighted by molar-refractivity contribution is -0.149. The molecule has 1 unspecified atom stereocenters. The number of carbonyl (C=O) groups is 2. The second-order valence-electron chi connectivity index (χ2n) is 8.18. The van der Waals surface area contributed by atoms with E-state index < -0.39 is 12.0 Å². The first-order valence-corrected chi connectivity index (χ1v) is 11.6. The van der Waals surface area contributed by atoms with Crippen LogP contribution in [0.2, 0.25) is 0 Å². The predicted molar refractivity (Wildman–Crippen MR) is 131 cm³/mol. The van der Waals surface area contributed by atoms with Gasteiger partial charge in [-0.25, -0.2) is 9.78 Å². The van der Waals surface area contributed by atoms with Gasteiger partial charge < -0.3 is 19.2 Å². The van der Waals surface area contributed by atoms with Crippen molar-refractivity contribution >= 4 is 17.4 Å². The summed E-state index contributed by atoms with van der Waals surface area (Å²) in [6.45, 7) is 8.50. The van der Waals surface area contributed by atoms with Gasteiger partial charge in [-0.1, -0.05) is 37.3 Å². The minimum absolute atomic E-state index is 0.327. The summed E-state index contributed by atoms with van der Waals surface area (Å²) in [5.41, 5.74) is 3.34. The fourth-order valence-electron chi connectivity index (χ4n) is 4.02. The number of rotatable bonds is 9. The van der Waals surface area contributed by atoms with E-state index in [0.717, 1.165) is 29.0 Å². The van der Waals surface area contributed by atoms with Crippen LogP contribution in [0.3, 0.4) is 0 Å². The number of carboxylic acid groups (broad SMARTS) is 1. The maximum atomic E-state index is 12.6. The van der Waals surface area contributed by atoms with Crippen molar-refractivity contribution in [3.8, 4) is 5.75 Å². The zero-order valence-electron chi connectivity index (χ0n) is 20.2. The average molecular weight is 465 g/mol. The number of allylic oxidation sites excluding steroid dienone is 5. The lowest BCUT2D eigenvalue weighted by Gasteiger charge is -2.34. The van der Waals surface area contributed by atoms with Gasteiger partial charge in [0.1, 0.15) is 11.5 Å². The first-order chi connectivity index (χ1) is 16.3. The van der Waals surface area contributed by atoms with E-state index in [9.17, 15) is 14.7 Å². The Morgan fingerprint density at radius 3 is 2.82 bits per heavy atom. The minimum Gasteiger partial charge on any atom is -0.493 e. The zero-order chi connectivity index (χ0) is 24.7. The molecule has 0 spiro atoms. The van der Waals surface area contributed by atoms with Crippen molar-refractivity contribution < 1.29 is 23.8 Å². The molecule has 0 saturated heterocycles. The molecule has 2 aromatic rings. The number of fused-ring (bicyclic) bond motifs is 1. The molecule has 3 rings (SSSR count). The van der Waals surface area contributed by atoms with Crippen molar-refractivity contribution in [2.75, 3.05) is 13.2 Å². The topological polar surface area (TPSA) is 92.9 Å². The van der Waals surface area contributed by atoms with Crippen LogP contribution in [0.25, 0.3) is 5.57 Å². The SMILES string of the molecule is CC=CC=CC(=O)N1CCc2ccc(OCCc3nc(/C(C)=C\CC)oc3C)cc2C1C(=O)O. The Hall–Kier alpha value is -3.61. The Morgan fingerprint density at radius 1 is 1.32 bits per heavy atom. The summed E-state index contributed by atoms with van der Waals surface area (Å²) in [5.74, 6) is 0.561. The van der Waals surface area contributed by atoms with Crippen molar-refractivity contribution in [2.45, 2.75) is 53.0 Å². The highest BCUT2D eigenvalue weighted by atomic mass is 16.5. The maximum absolute atomic E-state index is 12.6. The molecule has 1 amide bonds. The summed E-state index contributed by atoms with van der Waals surface area (Å²) < 4.78 is 11.7. The fraction of sp³-hybridized carbons (Fsp3) is 0.370. The standard InChI is InChI=1S/C27H32N2O5/c1-5-7-8-10-24(30)29-15-13-20-11-12-21(17-22(20)25(29)27(31)32)33-16-14-23-19(4)34-26(28-23)18(3)9-6-2/h5,7-12,17,25H,6,13-16H2,1-4H3,(H,31,32)/b7-5?,10-8?,18-9-. The van der Waals surface area contributed by atoms with E-state index in [1.54, 1.807) is 24.3 Å². The summed E-state index contributed by atoms with van der Waals surface area (Å²) in [4.78, 5) is 30.7. The monoisotopic (exact) mass is 464 g/mol. The van der Waals surface area contributed by atoms with Crippen LogP contribution in [0.1, 0.15) is 61.7 Å². The molecule has 1 aliphatic rings. The normalized spacial score (nSPS) is 16.3. The predicted octanol–water partition coefficient (Wildman–Crippen LogP) is 5.06. The molecule has 2 heterocycles. The van der Waals surface area contributed by atoms with Gasteiger partial charge in [-0.05, 0) is 56.9 Å². The Labute approximate surface area is 200 Å². The molecule has 0 bridgehead atoms. The zero-order valence-corrected chi connectivity index (χ0v) is 20.2. The molecule has 1 aromatic heterocycles. The van der Waals surface area contributed by atoms with Gasteiger partial charge in [-0.15, -0.1) is 0 Å². The molecule has 0 aliphatic carbocycles. The Bertz CT molecular complexity index is 1130. The number of aliphatic carboxylic acids is 1. The summed E-state index contributed by atoms with van der Waals surface area (Å²) >= 11 is 0. The number of ether oxygens (including phenoxy) is 1. The summed E-state index contributed by atoms with van der Waals surface area (Å²) in [5, 5.41) is 9.91. The Morgan fingerprint density at radius 2 is 2.12 bits per heavy atom. The first kappa shape index (κ1) is 25.0. The molecule has 180 valence electrons. The van der Waals surface area contributed by atoms with Crippen LogP contribution >= 0.6 is 0 Å². The van der Waals surface area contributed by atoms with Gasteiger partial charge in [0.2, 0.25) is 11.8 Å². The van der Waals surface area contributed by atoms with Gasteiger partial charge in [0, 0.05) is 24.6 Å². The molecular formula is C27H32N2O5. The van der Waals surface area contributed by atoms with E-state index in [1.807, 2.05) is 32.9 Å². The van der Waals surface area contributed by atoms with E-state index in [0.29, 0.717) is 43.2 Å². The number of nitrogens with zero attached hydrogens (tertiary/aromatic N) is 2. The van der Waals surface area contributed by atoms with Crippen LogP contribution in [0.15, 0.2) is 53.0 Å². The lowest BCUT2D eigenvalue weighted by atomic mass is 9.92. The largest absolute Gasteiger partial charge is 0.493 e. The lowest BCUT2D eigenvalue weighted by Crippen LogP contribution is -2.42. The van der Waals surface area contributed by atoms with Gasteiger partial charge in [-0.2, -0.15) is 0 Å². The second-order valence-corrected chi connectivity index (χ2v) is 8.18. The number of amides is 1. The van der Waals surface area contributed by atoms with Crippen LogP contribution in [0.4, 0.5) is 0 Å². The summed E-state index contributed by atoms with van der Waals surface area (Å²) in [7, 11) is 0. The molecule has 7 nitrogen and oxygen atoms in total. The molecule has 1 aromatic carbocycles. The number of aromatic nitrogens is 1. The highest BCUT2D eigenvalue weighted by Crippen LogP contribution is 2.33. The first-order valence-electron chi connectivity index (χ1n) is 11.6. The molecule has 1 atom stereocenters. The number of carboxylic acids is 1.